The van der Waals surface area contributed by atoms with E-state index in [2.05, 4.69) is 64.7 Å². The summed E-state index contributed by atoms with van der Waals surface area (Å²) in [5, 5.41) is 15.4. The first-order chi connectivity index (χ1) is 20.9. The van der Waals surface area contributed by atoms with Gasteiger partial charge in [-0.2, -0.15) is 5.10 Å². The summed E-state index contributed by atoms with van der Waals surface area (Å²) in [5.41, 5.74) is 4.65. The average Bonchev–Trinajstić information content (AvgIpc) is 3.59. The third-order valence-electron chi connectivity index (χ3n) is 10.9. The van der Waals surface area contributed by atoms with Crippen molar-refractivity contribution >= 4 is 5.97 Å². The second-order valence-corrected chi connectivity index (χ2v) is 13.3. The summed E-state index contributed by atoms with van der Waals surface area (Å²) < 4.78 is 16.6. The molecule has 3 heterocycles. The van der Waals surface area contributed by atoms with Gasteiger partial charge in [0.25, 0.3) is 0 Å². The Kier molecular flexibility index (Phi) is 9.01. The van der Waals surface area contributed by atoms with Crippen LogP contribution in [0.25, 0.3) is 0 Å². The van der Waals surface area contributed by atoms with Gasteiger partial charge in [-0.15, -0.1) is 0 Å². The number of hydrogen-bond donors (Lipinski definition) is 1. The van der Waals surface area contributed by atoms with Crippen molar-refractivity contribution in [3.8, 4) is 0 Å². The SMILES string of the molecule is CCn1nc(Cc2ccccc2)cc1C1CCN(CC2CN(C(C(=O)O)C3(CC)CCC3)CC2c2cccc(F)c2)CC1. The highest BCUT2D eigenvalue weighted by Crippen LogP contribution is 2.50. The average molecular weight is 587 g/mol. The predicted octanol–water partition coefficient (Wildman–Crippen LogP) is 6.56. The number of carboxylic acid groups (broad SMARTS) is 1. The maximum atomic E-state index is 14.4. The molecule has 0 bridgehead atoms. The van der Waals surface area contributed by atoms with Crippen molar-refractivity contribution in [2.45, 2.75) is 83.2 Å². The number of rotatable bonds is 11. The van der Waals surface area contributed by atoms with E-state index in [1.165, 1.54) is 17.3 Å². The van der Waals surface area contributed by atoms with E-state index in [9.17, 15) is 14.3 Å². The van der Waals surface area contributed by atoms with Gasteiger partial charge in [-0.1, -0.05) is 55.8 Å². The second kappa shape index (κ2) is 12.9. The fourth-order valence-corrected chi connectivity index (χ4v) is 8.38. The summed E-state index contributed by atoms with van der Waals surface area (Å²) in [7, 11) is 0. The standard InChI is InChI=1S/C36H47FN4O2/c1-3-36(16-9-17-36)34(35(42)43)40-24-29(32(25-40)28-12-8-13-30(37)21-28)23-39-18-14-27(15-19-39)33-22-31(38-41(33)4-2)20-26-10-6-5-7-11-26/h5-8,10-13,21-22,27,29,32,34H,3-4,9,14-20,23-25H2,1-2H3,(H,42,43). The normalized spacial score (nSPS) is 23.7. The maximum Gasteiger partial charge on any atom is 0.321 e. The molecule has 3 aliphatic rings. The Morgan fingerprint density at radius 3 is 2.44 bits per heavy atom. The van der Waals surface area contributed by atoms with Crippen LogP contribution >= 0.6 is 0 Å². The molecule has 3 atom stereocenters. The van der Waals surface area contributed by atoms with Gasteiger partial charge in [0.15, 0.2) is 0 Å². The smallest absolute Gasteiger partial charge is 0.321 e. The summed E-state index contributed by atoms with van der Waals surface area (Å²) in [4.78, 5) is 17.5. The number of piperidine rings is 1. The number of aryl methyl sites for hydroxylation is 1. The van der Waals surface area contributed by atoms with Crippen LogP contribution in [0.15, 0.2) is 60.7 Å². The molecular formula is C36H47FN4O2. The van der Waals surface area contributed by atoms with E-state index in [1.54, 1.807) is 12.1 Å². The number of likely N-dealkylation sites (tertiary alicyclic amines) is 2. The number of aliphatic carboxylic acids is 1. The molecule has 0 spiro atoms. The summed E-state index contributed by atoms with van der Waals surface area (Å²) >= 11 is 0. The van der Waals surface area contributed by atoms with Crippen LogP contribution in [0.4, 0.5) is 4.39 Å². The van der Waals surface area contributed by atoms with E-state index in [0.29, 0.717) is 12.5 Å². The van der Waals surface area contributed by atoms with Gasteiger partial charge in [-0.05, 0) is 92.8 Å². The van der Waals surface area contributed by atoms with Crippen LogP contribution in [0, 0.1) is 17.2 Å². The van der Waals surface area contributed by atoms with Crippen molar-refractivity contribution in [2.75, 3.05) is 32.7 Å². The molecule has 0 amide bonds. The van der Waals surface area contributed by atoms with Crippen molar-refractivity contribution < 1.29 is 14.3 Å². The highest BCUT2D eigenvalue weighted by molar-refractivity contribution is 5.75. The fraction of sp³-hybridized carbons (Fsp3) is 0.556. The molecule has 1 aliphatic carbocycles. The molecule has 43 heavy (non-hydrogen) atoms. The zero-order chi connectivity index (χ0) is 30.0. The van der Waals surface area contributed by atoms with E-state index in [0.717, 1.165) is 88.9 Å². The Morgan fingerprint density at radius 2 is 1.81 bits per heavy atom. The minimum absolute atomic E-state index is 0.131. The Hall–Kier alpha value is -3.03. The summed E-state index contributed by atoms with van der Waals surface area (Å²) in [6.07, 6.45) is 7.02. The van der Waals surface area contributed by atoms with Crippen LogP contribution in [0.1, 0.15) is 86.7 Å². The van der Waals surface area contributed by atoms with E-state index in [1.807, 2.05) is 6.07 Å². The Labute approximate surface area is 255 Å². The second-order valence-electron chi connectivity index (χ2n) is 13.3. The molecule has 3 unspecified atom stereocenters. The zero-order valence-electron chi connectivity index (χ0n) is 25.8. The lowest BCUT2D eigenvalue weighted by atomic mass is 9.62. The Bertz CT molecular complexity index is 1370. The Morgan fingerprint density at radius 1 is 1.05 bits per heavy atom. The van der Waals surface area contributed by atoms with Crippen molar-refractivity contribution in [1.29, 1.82) is 0 Å². The predicted molar refractivity (Wildman–Crippen MR) is 168 cm³/mol. The third kappa shape index (κ3) is 6.30. The largest absolute Gasteiger partial charge is 0.480 e. The quantitative estimate of drug-likeness (QED) is 0.276. The van der Waals surface area contributed by atoms with Crippen molar-refractivity contribution in [2.24, 2.45) is 11.3 Å². The Balaban J connectivity index is 1.15. The summed E-state index contributed by atoms with van der Waals surface area (Å²) in [6, 6.07) is 19.4. The number of benzene rings is 2. The summed E-state index contributed by atoms with van der Waals surface area (Å²) in [6.45, 7) is 9.58. The van der Waals surface area contributed by atoms with Crippen LogP contribution in [0.5, 0.6) is 0 Å². The van der Waals surface area contributed by atoms with Crippen molar-refractivity contribution in [3.63, 3.8) is 0 Å². The molecule has 3 fully saturated rings. The molecule has 1 saturated carbocycles. The first-order valence-electron chi connectivity index (χ1n) is 16.4. The van der Waals surface area contributed by atoms with Crippen LogP contribution in [-0.2, 0) is 17.8 Å². The van der Waals surface area contributed by atoms with Crippen LogP contribution in [0.2, 0.25) is 0 Å². The number of halogens is 1. The molecule has 2 aliphatic heterocycles. The van der Waals surface area contributed by atoms with Crippen LogP contribution in [0.3, 0.4) is 0 Å². The number of nitrogens with zero attached hydrogens (tertiary/aromatic N) is 4. The lowest BCUT2D eigenvalue weighted by molar-refractivity contribution is -0.152. The van der Waals surface area contributed by atoms with E-state index in [4.69, 9.17) is 5.10 Å². The molecule has 1 N–H and O–H groups in total. The third-order valence-corrected chi connectivity index (χ3v) is 10.9. The molecule has 1 aromatic heterocycles. The van der Waals surface area contributed by atoms with Gasteiger partial charge in [-0.3, -0.25) is 14.4 Å². The maximum absolute atomic E-state index is 14.4. The van der Waals surface area contributed by atoms with E-state index in [-0.39, 0.29) is 23.1 Å². The first-order valence-corrected chi connectivity index (χ1v) is 16.4. The molecule has 3 aromatic rings. The van der Waals surface area contributed by atoms with Crippen molar-refractivity contribution in [1.82, 2.24) is 19.6 Å². The summed E-state index contributed by atoms with van der Waals surface area (Å²) in [5.74, 6) is -0.0143. The van der Waals surface area contributed by atoms with Gasteiger partial charge in [0, 0.05) is 50.1 Å². The van der Waals surface area contributed by atoms with Gasteiger partial charge in [0.1, 0.15) is 11.9 Å². The topological polar surface area (TPSA) is 61.6 Å². The van der Waals surface area contributed by atoms with Gasteiger partial charge in [0.2, 0.25) is 0 Å². The van der Waals surface area contributed by atoms with Gasteiger partial charge >= 0.3 is 5.97 Å². The van der Waals surface area contributed by atoms with E-state index >= 15 is 0 Å². The first kappa shape index (κ1) is 30.0. The van der Waals surface area contributed by atoms with Crippen LogP contribution in [-0.4, -0.2) is 69.4 Å². The minimum Gasteiger partial charge on any atom is -0.480 e. The highest BCUT2D eigenvalue weighted by atomic mass is 19.1. The van der Waals surface area contributed by atoms with Crippen LogP contribution < -0.4 is 0 Å². The van der Waals surface area contributed by atoms with E-state index < -0.39 is 12.0 Å². The number of hydrogen-bond acceptors (Lipinski definition) is 4. The minimum atomic E-state index is -0.694. The molecule has 2 saturated heterocycles. The molecule has 6 nitrogen and oxygen atoms in total. The lowest BCUT2D eigenvalue weighted by Crippen LogP contribution is -2.55. The lowest BCUT2D eigenvalue weighted by Gasteiger charge is -2.48. The van der Waals surface area contributed by atoms with Gasteiger partial charge in [-0.25, -0.2) is 4.39 Å². The molecular weight excluding hydrogens is 539 g/mol. The molecule has 2 aromatic carbocycles. The van der Waals surface area contributed by atoms with Crippen molar-refractivity contribution in [3.05, 3.63) is 89.0 Å². The molecule has 6 rings (SSSR count). The monoisotopic (exact) mass is 586 g/mol. The fourth-order valence-electron chi connectivity index (χ4n) is 8.38. The van der Waals surface area contributed by atoms with Gasteiger partial charge in [0.05, 0.1) is 5.69 Å². The molecule has 7 heteroatoms. The van der Waals surface area contributed by atoms with Gasteiger partial charge < -0.3 is 10.0 Å². The number of carboxylic acids is 1. The molecule has 230 valence electrons. The number of aromatic nitrogens is 2. The molecule has 0 radical (unpaired) electrons. The zero-order valence-corrected chi connectivity index (χ0v) is 25.8. The highest BCUT2D eigenvalue weighted by Gasteiger charge is 2.52. The number of carbonyl (C=O) groups is 1.